The lowest BCUT2D eigenvalue weighted by Gasteiger charge is -2.34. The van der Waals surface area contributed by atoms with E-state index in [1.54, 1.807) is 0 Å². The Hall–Kier alpha value is -1.75. The van der Waals surface area contributed by atoms with E-state index < -0.39 is 0 Å². The number of rotatable bonds is 4. The Morgan fingerprint density at radius 2 is 1.91 bits per heavy atom. The summed E-state index contributed by atoms with van der Waals surface area (Å²) in [6.45, 7) is 10.3. The lowest BCUT2D eigenvalue weighted by atomic mass is 9.87. The first-order chi connectivity index (χ1) is 10.8. The Balaban J connectivity index is 1.96. The molecule has 0 radical (unpaired) electrons. The average Bonchev–Trinajstić information content (AvgIpc) is 2.70. The van der Waals surface area contributed by atoms with Crippen molar-refractivity contribution in [2.45, 2.75) is 40.2 Å². The van der Waals surface area contributed by atoms with Crippen LogP contribution in [0.5, 0.6) is 11.5 Å². The third kappa shape index (κ3) is 4.86. The van der Waals surface area contributed by atoms with Gasteiger partial charge in [0.15, 0.2) is 11.5 Å². The summed E-state index contributed by atoms with van der Waals surface area (Å²) in [7, 11) is 1.98. The van der Waals surface area contributed by atoms with Crippen molar-refractivity contribution in [2.75, 3.05) is 32.1 Å². The second kappa shape index (κ2) is 7.21. The van der Waals surface area contributed by atoms with Crippen LogP contribution < -0.4 is 14.8 Å². The fourth-order valence-corrected chi connectivity index (χ4v) is 2.47. The Labute approximate surface area is 139 Å². The molecule has 23 heavy (non-hydrogen) atoms. The highest BCUT2D eigenvalue weighted by molar-refractivity contribution is 5.92. The van der Waals surface area contributed by atoms with Gasteiger partial charge in [-0.3, -0.25) is 9.69 Å². The molecular formula is C18H28N2O3. The predicted molar refractivity (Wildman–Crippen MR) is 92.2 cm³/mol. The SMILES string of the molecule is CC(N(C)CC(=O)Nc1ccc2c(c1)OCCCO2)C(C)(C)C. The molecule has 1 atom stereocenters. The van der Waals surface area contributed by atoms with E-state index in [2.05, 4.69) is 37.9 Å². The largest absolute Gasteiger partial charge is 0.490 e. The Morgan fingerprint density at radius 3 is 2.57 bits per heavy atom. The molecule has 5 nitrogen and oxygen atoms in total. The van der Waals surface area contributed by atoms with Crippen LogP contribution in [-0.2, 0) is 4.79 Å². The van der Waals surface area contributed by atoms with Crippen LogP contribution in [0.1, 0.15) is 34.1 Å². The minimum absolute atomic E-state index is 0.0295. The number of hydrogen-bond acceptors (Lipinski definition) is 4. The molecule has 1 aliphatic heterocycles. The normalized spacial score (nSPS) is 15.9. The molecule has 2 rings (SSSR count). The molecule has 0 saturated heterocycles. The molecular weight excluding hydrogens is 292 g/mol. The van der Waals surface area contributed by atoms with Gasteiger partial charge in [-0.2, -0.15) is 0 Å². The number of ether oxygens (including phenoxy) is 2. The van der Waals surface area contributed by atoms with Gasteiger partial charge in [-0.15, -0.1) is 0 Å². The number of likely N-dealkylation sites (N-methyl/N-ethyl adjacent to an activating group) is 1. The van der Waals surface area contributed by atoms with Gasteiger partial charge in [0.1, 0.15) is 0 Å². The molecule has 0 bridgehead atoms. The zero-order valence-electron chi connectivity index (χ0n) is 14.8. The van der Waals surface area contributed by atoms with Crippen LogP contribution in [0.25, 0.3) is 0 Å². The molecule has 0 aliphatic carbocycles. The van der Waals surface area contributed by atoms with Crippen LogP contribution in [0.15, 0.2) is 18.2 Å². The summed E-state index contributed by atoms with van der Waals surface area (Å²) in [5, 5.41) is 2.93. The van der Waals surface area contributed by atoms with Crippen molar-refractivity contribution < 1.29 is 14.3 Å². The third-order valence-electron chi connectivity index (χ3n) is 4.34. The van der Waals surface area contributed by atoms with Gasteiger partial charge in [-0.1, -0.05) is 20.8 Å². The predicted octanol–water partition coefficient (Wildman–Crippen LogP) is 3.15. The fraction of sp³-hybridized carbons (Fsp3) is 0.611. The van der Waals surface area contributed by atoms with Gasteiger partial charge in [0, 0.05) is 24.2 Å². The second-order valence-electron chi connectivity index (χ2n) is 7.22. The average molecular weight is 320 g/mol. The highest BCUT2D eigenvalue weighted by Crippen LogP contribution is 2.32. The van der Waals surface area contributed by atoms with Crippen LogP contribution in [0.2, 0.25) is 0 Å². The summed E-state index contributed by atoms with van der Waals surface area (Å²) >= 11 is 0. The van der Waals surface area contributed by atoms with Crippen molar-refractivity contribution in [3.05, 3.63) is 18.2 Å². The van der Waals surface area contributed by atoms with Gasteiger partial charge in [0.05, 0.1) is 19.8 Å². The maximum absolute atomic E-state index is 12.3. The Bertz CT molecular complexity index is 552. The summed E-state index contributed by atoms with van der Waals surface area (Å²) in [6.07, 6.45) is 0.867. The Kier molecular flexibility index (Phi) is 5.52. The number of benzene rings is 1. The molecule has 1 aromatic rings. The van der Waals surface area contributed by atoms with E-state index in [0.29, 0.717) is 31.5 Å². The van der Waals surface area contributed by atoms with E-state index in [-0.39, 0.29) is 11.3 Å². The van der Waals surface area contributed by atoms with E-state index in [4.69, 9.17) is 9.47 Å². The molecule has 1 aliphatic rings. The number of hydrogen-bond donors (Lipinski definition) is 1. The first-order valence-corrected chi connectivity index (χ1v) is 8.17. The molecule has 0 aromatic heterocycles. The summed E-state index contributed by atoms with van der Waals surface area (Å²) in [6, 6.07) is 5.82. The van der Waals surface area contributed by atoms with Gasteiger partial charge >= 0.3 is 0 Å². The molecule has 1 aromatic carbocycles. The van der Waals surface area contributed by atoms with E-state index in [9.17, 15) is 4.79 Å². The number of fused-ring (bicyclic) bond motifs is 1. The topological polar surface area (TPSA) is 50.8 Å². The van der Waals surface area contributed by atoms with Crippen LogP contribution in [0.3, 0.4) is 0 Å². The maximum atomic E-state index is 12.3. The molecule has 1 heterocycles. The van der Waals surface area contributed by atoms with E-state index in [1.807, 2.05) is 25.2 Å². The van der Waals surface area contributed by atoms with Crippen molar-refractivity contribution >= 4 is 11.6 Å². The number of nitrogens with zero attached hydrogens (tertiary/aromatic N) is 1. The quantitative estimate of drug-likeness (QED) is 0.926. The van der Waals surface area contributed by atoms with Gasteiger partial charge in [-0.05, 0) is 31.5 Å². The minimum Gasteiger partial charge on any atom is -0.490 e. The summed E-state index contributed by atoms with van der Waals surface area (Å²) < 4.78 is 11.2. The Morgan fingerprint density at radius 1 is 1.26 bits per heavy atom. The van der Waals surface area contributed by atoms with E-state index in [0.717, 1.165) is 17.9 Å². The van der Waals surface area contributed by atoms with E-state index in [1.165, 1.54) is 0 Å². The molecule has 1 unspecified atom stereocenters. The molecule has 1 amide bonds. The van der Waals surface area contributed by atoms with Gasteiger partial charge < -0.3 is 14.8 Å². The summed E-state index contributed by atoms with van der Waals surface area (Å²) in [4.78, 5) is 14.3. The first kappa shape index (κ1) is 17.6. The maximum Gasteiger partial charge on any atom is 0.238 e. The minimum atomic E-state index is -0.0295. The first-order valence-electron chi connectivity index (χ1n) is 8.17. The molecule has 5 heteroatoms. The molecule has 128 valence electrons. The van der Waals surface area contributed by atoms with Crippen molar-refractivity contribution in [1.29, 1.82) is 0 Å². The van der Waals surface area contributed by atoms with E-state index >= 15 is 0 Å². The third-order valence-corrected chi connectivity index (χ3v) is 4.34. The highest BCUT2D eigenvalue weighted by atomic mass is 16.5. The van der Waals surface area contributed by atoms with Crippen molar-refractivity contribution in [3.8, 4) is 11.5 Å². The van der Waals surface area contributed by atoms with Crippen molar-refractivity contribution in [3.63, 3.8) is 0 Å². The second-order valence-corrected chi connectivity index (χ2v) is 7.22. The van der Waals surface area contributed by atoms with Crippen molar-refractivity contribution in [2.24, 2.45) is 5.41 Å². The lowest BCUT2D eigenvalue weighted by molar-refractivity contribution is -0.117. The fourth-order valence-electron chi connectivity index (χ4n) is 2.47. The molecule has 0 fully saturated rings. The number of nitrogens with one attached hydrogen (secondary N) is 1. The van der Waals surface area contributed by atoms with Crippen LogP contribution in [-0.4, -0.2) is 43.7 Å². The number of carbonyl (C=O) groups is 1. The summed E-state index contributed by atoms with van der Waals surface area (Å²) in [5.74, 6) is 1.40. The zero-order valence-corrected chi connectivity index (χ0v) is 14.8. The van der Waals surface area contributed by atoms with Crippen LogP contribution in [0.4, 0.5) is 5.69 Å². The van der Waals surface area contributed by atoms with Crippen LogP contribution >= 0.6 is 0 Å². The monoisotopic (exact) mass is 320 g/mol. The molecule has 1 N–H and O–H groups in total. The molecule has 0 saturated carbocycles. The summed E-state index contributed by atoms with van der Waals surface area (Å²) in [5.41, 5.74) is 0.862. The lowest BCUT2D eigenvalue weighted by Crippen LogP contribution is -2.43. The van der Waals surface area contributed by atoms with Gasteiger partial charge in [-0.25, -0.2) is 0 Å². The smallest absolute Gasteiger partial charge is 0.238 e. The highest BCUT2D eigenvalue weighted by Gasteiger charge is 2.25. The number of amides is 1. The van der Waals surface area contributed by atoms with Gasteiger partial charge in [0.25, 0.3) is 0 Å². The number of anilines is 1. The number of carbonyl (C=O) groups excluding carboxylic acids is 1. The van der Waals surface area contributed by atoms with Gasteiger partial charge in [0.2, 0.25) is 5.91 Å². The van der Waals surface area contributed by atoms with Crippen molar-refractivity contribution in [1.82, 2.24) is 4.90 Å². The molecule has 0 spiro atoms. The zero-order chi connectivity index (χ0) is 17.0. The standard InChI is InChI=1S/C18H28N2O3/c1-13(18(2,3)4)20(5)12-17(21)19-14-7-8-15-16(11-14)23-10-6-9-22-15/h7-8,11,13H,6,9-10,12H2,1-5H3,(H,19,21). The van der Waals surface area contributed by atoms with Crippen LogP contribution in [0, 0.1) is 5.41 Å².